The molecular weight excluding hydrogens is 388 g/mol. The second-order valence-electron chi connectivity index (χ2n) is 11.0. The van der Waals surface area contributed by atoms with Gasteiger partial charge in [0.05, 0.1) is 12.1 Å². The molecule has 5 nitrogen and oxygen atoms in total. The first kappa shape index (κ1) is 22.1. The van der Waals surface area contributed by atoms with E-state index in [-0.39, 0.29) is 40.5 Å². The van der Waals surface area contributed by atoms with Crippen molar-refractivity contribution in [3.63, 3.8) is 0 Å². The monoisotopic (exact) mass is 422 g/mol. The lowest BCUT2D eigenvalue weighted by atomic mass is 9.47. The normalized spacial score (nSPS) is 43.5. The van der Waals surface area contributed by atoms with Gasteiger partial charge in [-0.05, 0) is 80.0 Å². The van der Waals surface area contributed by atoms with Crippen LogP contribution in [0.5, 0.6) is 0 Å². The maximum absolute atomic E-state index is 12.8. The van der Waals surface area contributed by atoms with Gasteiger partial charge in [0.25, 0.3) is 0 Å². The van der Waals surface area contributed by atoms with Gasteiger partial charge in [0.15, 0.2) is 0 Å². The second kappa shape index (κ2) is 7.77. The molecule has 4 aliphatic rings. The van der Waals surface area contributed by atoms with Gasteiger partial charge in [-0.25, -0.2) is 0 Å². The van der Waals surface area contributed by atoms with E-state index in [1.165, 1.54) is 12.5 Å². The third-order valence-corrected chi connectivity index (χ3v) is 9.64. The minimum absolute atomic E-state index is 0.00722. The molecule has 0 radical (unpaired) electrons. The molecule has 0 amide bonds. The summed E-state index contributed by atoms with van der Waals surface area (Å²) in [5.41, 5.74) is 1.44. The molecule has 0 N–H and O–H groups in total. The van der Waals surface area contributed by atoms with Gasteiger partial charge in [0, 0.05) is 19.3 Å². The summed E-state index contributed by atoms with van der Waals surface area (Å²) in [6.07, 6.45) is 9.03. The molecule has 0 aromatic carbocycles. The van der Waals surface area contributed by atoms with E-state index in [0.717, 1.165) is 44.9 Å². The SMILES string of the molecule is CC(=O)O[C@H]1CC[C@@]2(C)C(=CC[C@@H]3[C@H]4C[C@H](C(C#N)C#N)[C@@H](C(C)=O)[C@]4(C)CC[C@H]32)C1. The van der Waals surface area contributed by atoms with Crippen LogP contribution in [0.25, 0.3) is 0 Å². The predicted molar refractivity (Wildman–Crippen MR) is 115 cm³/mol. The lowest BCUT2D eigenvalue weighted by Crippen LogP contribution is -2.51. The number of esters is 1. The lowest BCUT2D eigenvalue weighted by molar-refractivity contribution is -0.149. The highest BCUT2D eigenvalue weighted by Gasteiger charge is 2.63. The average molecular weight is 423 g/mol. The van der Waals surface area contributed by atoms with Gasteiger partial charge >= 0.3 is 5.97 Å². The van der Waals surface area contributed by atoms with Crippen LogP contribution >= 0.6 is 0 Å². The van der Waals surface area contributed by atoms with Crippen molar-refractivity contribution in [3.8, 4) is 12.1 Å². The van der Waals surface area contributed by atoms with Crippen molar-refractivity contribution < 1.29 is 14.3 Å². The molecule has 8 atom stereocenters. The van der Waals surface area contributed by atoms with E-state index in [9.17, 15) is 20.1 Å². The van der Waals surface area contributed by atoms with Crippen molar-refractivity contribution in [1.82, 2.24) is 0 Å². The topological polar surface area (TPSA) is 90.9 Å². The van der Waals surface area contributed by atoms with E-state index < -0.39 is 5.92 Å². The van der Waals surface area contributed by atoms with Crippen LogP contribution in [-0.4, -0.2) is 17.9 Å². The number of carbonyl (C=O) groups excluding carboxylic acids is 2. The number of ether oxygens (including phenoxy) is 1. The summed E-state index contributed by atoms with van der Waals surface area (Å²) in [6, 6.07) is 4.37. The van der Waals surface area contributed by atoms with Crippen molar-refractivity contribution >= 4 is 11.8 Å². The molecule has 0 aliphatic heterocycles. The third kappa shape index (κ3) is 3.32. The van der Waals surface area contributed by atoms with Crippen molar-refractivity contribution in [3.05, 3.63) is 11.6 Å². The standard InChI is InChI=1S/C26H34N2O3/c1-15(29)24-21(17(13-27)14-28)12-23-20-6-5-18-11-19(31-16(2)30)7-9-25(18,3)22(20)8-10-26(23,24)4/h5,17,19-24H,6-12H2,1-4H3/t19-,20-,21+,22+,23+,24+,25-,26+/m0/s1. The largest absolute Gasteiger partial charge is 0.462 e. The zero-order chi connectivity index (χ0) is 22.6. The van der Waals surface area contributed by atoms with Crippen LogP contribution in [0.1, 0.15) is 72.6 Å². The van der Waals surface area contributed by atoms with Gasteiger partial charge in [-0.3, -0.25) is 9.59 Å². The fourth-order valence-corrected chi connectivity index (χ4v) is 8.37. The highest BCUT2D eigenvalue weighted by atomic mass is 16.5. The highest BCUT2D eigenvalue weighted by Crippen LogP contribution is 2.68. The van der Waals surface area contributed by atoms with Crippen LogP contribution < -0.4 is 0 Å². The number of ketones is 1. The first-order chi connectivity index (χ1) is 14.7. The Bertz CT molecular complexity index is 881. The molecule has 0 saturated heterocycles. The molecule has 0 unspecified atom stereocenters. The number of carbonyl (C=O) groups is 2. The summed E-state index contributed by atoms with van der Waals surface area (Å²) in [5, 5.41) is 19.2. The summed E-state index contributed by atoms with van der Waals surface area (Å²) in [4.78, 5) is 24.2. The molecule has 31 heavy (non-hydrogen) atoms. The number of hydrogen-bond donors (Lipinski definition) is 0. The number of allylic oxidation sites excluding steroid dienone is 1. The van der Waals surface area contributed by atoms with Crippen molar-refractivity contribution in [2.75, 3.05) is 0 Å². The van der Waals surface area contributed by atoms with Crippen LogP contribution in [0.2, 0.25) is 0 Å². The molecule has 4 aliphatic carbocycles. The Kier molecular flexibility index (Phi) is 5.53. The summed E-state index contributed by atoms with van der Waals surface area (Å²) >= 11 is 0. The van der Waals surface area contributed by atoms with Crippen molar-refractivity contribution in [2.45, 2.75) is 78.7 Å². The minimum atomic E-state index is -0.709. The van der Waals surface area contributed by atoms with E-state index >= 15 is 0 Å². The van der Waals surface area contributed by atoms with Gasteiger partial charge < -0.3 is 4.74 Å². The Balaban J connectivity index is 1.65. The second-order valence-corrected chi connectivity index (χ2v) is 11.0. The van der Waals surface area contributed by atoms with E-state index in [1.807, 2.05) is 0 Å². The molecular formula is C26H34N2O3. The smallest absolute Gasteiger partial charge is 0.302 e. The Labute approximate surface area is 185 Å². The Morgan fingerprint density at radius 1 is 1.13 bits per heavy atom. The summed E-state index contributed by atoms with van der Waals surface area (Å²) in [7, 11) is 0. The molecule has 0 heterocycles. The van der Waals surface area contributed by atoms with Crippen LogP contribution in [0.3, 0.4) is 0 Å². The average Bonchev–Trinajstić information content (AvgIpc) is 3.02. The van der Waals surface area contributed by atoms with E-state index in [0.29, 0.717) is 17.8 Å². The van der Waals surface area contributed by atoms with Gasteiger partial charge in [0.1, 0.15) is 17.8 Å². The van der Waals surface area contributed by atoms with E-state index in [4.69, 9.17) is 4.74 Å². The molecule has 5 heteroatoms. The Morgan fingerprint density at radius 2 is 1.84 bits per heavy atom. The first-order valence-corrected chi connectivity index (χ1v) is 11.8. The number of hydrogen-bond acceptors (Lipinski definition) is 5. The quantitative estimate of drug-likeness (QED) is 0.473. The minimum Gasteiger partial charge on any atom is -0.462 e. The van der Waals surface area contributed by atoms with Gasteiger partial charge in [-0.2, -0.15) is 10.5 Å². The predicted octanol–water partition coefficient (Wildman–Crippen LogP) is 4.98. The Morgan fingerprint density at radius 3 is 2.45 bits per heavy atom. The van der Waals surface area contributed by atoms with Crippen LogP contribution in [-0.2, 0) is 14.3 Å². The fraction of sp³-hybridized carbons (Fsp3) is 0.769. The molecule has 0 aromatic heterocycles. The van der Waals surface area contributed by atoms with Crippen LogP contribution in [0, 0.1) is 69.0 Å². The highest BCUT2D eigenvalue weighted by molar-refractivity contribution is 5.80. The zero-order valence-corrected chi connectivity index (χ0v) is 19.2. The number of nitrogens with zero attached hydrogens (tertiary/aromatic N) is 2. The van der Waals surface area contributed by atoms with Crippen LogP contribution in [0.15, 0.2) is 11.6 Å². The number of rotatable bonds is 3. The van der Waals surface area contributed by atoms with Crippen molar-refractivity contribution in [2.24, 2.45) is 46.3 Å². The number of fused-ring (bicyclic) bond motifs is 5. The number of Topliss-reactive ketones (excluding diaryl/α,β-unsaturated/α-hetero) is 1. The van der Waals surface area contributed by atoms with Gasteiger partial charge in [-0.1, -0.05) is 25.5 Å². The third-order valence-electron chi connectivity index (χ3n) is 9.64. The molecule has 0 aromatic rings. The van der Waals surface area contributed by atoms with Gasteiger partial charge in [0.2, 0.25) is 0 Å². The molecule has 3 fully saturated rings. The van der Waals surface area contributed by atoms with Gasteiger partial charge in [-0.15, -0.1) is 0 Å². The lowest BCUT2D eigenvalue weighted by Gasteiger charge is -2.58. The summed E-state index contributed by atoms with van der Waals surface area (Å²) in [6.45, 7) is 7.79. The maximum atomic E-state index is 12.8. The van der Waals surface area contributed by atoms with E-state index in [1.54, 1.807) is 6.92 Å². The fourth-order valence-electron chi connectivity index (χ4n) is 8.37. The molecule has 0 spiro atoms. The first-order valence-electron chi connectivity index (χ1n) is 11.8. The molecule has 4 rings (SSSR count). The van der Waals surface area contributed by atoms with E-state index in [2.05, 4.69) is 32.1 Å². The number of nitriles is 2. The Hall–Kier alpha value is -2.14. The van der Waals surface area contributed by atoms with Crippen LogP contribution in [0.4, 0.5) is 0 Å². The zero-order valence-electron chi connectivity index (χ0n) is 19.2. The maximum Gasteiger partial charge on any atom is 0.302 e. The summed E-state index contributed by atoms with van der Waals surface area (Å²) in [5.74, 6) is 0.298. The van der Waals surface area contributed by atoms with Crippen molar-refractivity contribution in [1.29, 1.82) is 10.5 Å². The molecule has 0 bridgehead atoms. The molecule has 166 valence electrons. The summed E-state index contributed by atoms with van der Waals surface area (Å²) < 4.78 is 5.53. The molecule has 3 saturated carbocycles.